The lowest BCUT2D eigenvalue weighted by Gasteiger charge is -2.41. The highest BCUT2D eigenvalue weighted by Gasteiger charge is 2.52. The first kappa shape index (κ1) is 23.7. The number of hydrogen-bond acceptors (Lipinski definition) is 6. The van der Waals surface area contributed by atoms with Gasteiger partial charge in [0.2, 0.25) is 5.75 Å². The Kier molecular flexibility index (Phi) is 7.16. The molecule has 2 heterocycles. The van der Waals surface area contributed by atoms with Gasteiger partial charge >= 0.3 is 6.03 Å². The Labute approximate surface area is 188 Å². The molecule has 32 heavy (non-hydrogen) atoms. The fraction of sp³-hybridized carbons (Fsp3) is 0.609. The number of rotatable bonds is 8. The second kappa shape index (κ2) is 9.67. The maximum Gasteiger partial charge on any atom is 0.322 e. The Balaban J connectivity index is 1.77. The van der Waals surface area contributed by atoms with Crippen LogP contribution in [-0.2, 0) is 4.79 Å². The lowest BCUT2D eigenvalue weighted by atomic mass is 9.74. The monoisotopic (exact) mass is 447 g/mol. The molecule has 9 nitrogen and oxygen atoms in total. The number of methoxy groups -OCH3 is 3. The number of imide groups is 1. The number of carbonyl (C=O) groups excluding carboxylic acids is 3. The zero-order valence-electron chi connectivity index (χ0n) is 19.4. The van der Waals surface area contributed by atoms with E-state index >= 15 is 0 Å². The average molecular weight is 448 g/mol. The molecule has 3 rings (SSSR count). The van der Waals surface area contributed by atoms with Crippen LogP contribution in [-0.4, -0.2) is 62.7 Å². The fourth-order valence-corrected chi connectivity index (χ4v) is 4.70. The SMILES string of the molecule is COc1ccc(C(=O)N2CCC([C@]3(CCC(C)C)NC(=O)NC3=O)CC2)c(OC)c1OC. The van der Waals surface area contributed by atoms with E-state index in [1.807, 2.05) is 0 Å². The van der Waals surface area contributed by atoms with Crippen LogP contribution < -0.4 is 24.8 Å². The average Bonchev–Trinajstić information content (AvgIpc) is 3.09. The van der Waals surface area contributed by atoms with Crippen LogP contribution in [0.4, 0.5) is 4.79 Å². The van der Waals surface area contributed by atoms with E-state index in [4.69, 9.17) is 14.2 Å². The molecule has 2 saturated heterocycles. The quantitative estimate of drug-likeness (QED) is 0.594. The van der Waals surface area contributed by atoms with Gasteiger partial charge in [0.05, 0.1) is 26.9 Å². The summed E-state index contributed by atoms with van der Waals surface area (Å²) in [5.74, 6) is 1.13. The number of nitrogens with zero attached hydrogens (tertiary/aromatic N) is 1. The van der Waals surface area contributed by atoms with Gasteiger partial charge in [-0.1, -0.05) is 13.8 Å². The van der Waals surface area contributed by atoms with Gasteiger partial charge < -0.3 is 24.4 Å². The van der Waals surface area contributed by atoms with Crippen molar-refractivity contribution in [1.82, 2.24) is 15.5 Å². The van der Waals surface area contributed by atoms with Crippen molar-refractivity contribution in [3.63, 3.8) is 0 Å². The minimum atomic E-state index is -0.905. The predicted octanol–water partition coefficient (Wildman–Crippen LogP) is 2.58. The number of urea groups is 1. The summed E-state index contributed by atoms with van der Waals surface area (Å²) in [6.45, 7) is 5.15. The Bertz CT molecular complexity index is 879. The molecule has 0 saturated carbocycles. The van der Waals surface area contributed by atoms with Crippen molar-refractivity contribution >= 4 is 17.8 Å². The van der Waals surface area contributed by atoms with Crippen molar-refractivity contribution < 1.29 is 28.6 Å². The van der Waals surface area contributed by atoms with Crippen molar-refractivity contribution in [2.75, 3.05) is 34.4 Å². The Hall–Kier alpha value is -2.97. The van der Waals surface area contributed by atoms with Crippen LogP contribution in [0.5, 0.6) is 17.2 Å². The molecular formula is C23H33N3O6. The Morgan fingerprint density at radius 3 is 2.25 bits per heavy atom. The minimum Gasteiger partial charge on any atom is -0.493 e. The zero-order valence-corrected chi connectivity index (χ0v) is 19.4. The standard InChI is InChI=1S/C23H33N3O6/c1-14(2)8-11-23(21(28)24-22(29)25-23)15-9-12-26(13-10-15)20(27)16-6-7-17(30-3)19(32-5)18(16)31-4/h6-7,14-15H,8-13H2,1-5H3,(H2,24,25,28,29)/t23-/m0/s1. The summed E-state index contributed by atoms with van der Waals surface area (Å²) in [4.78, 5) is 39.7. The highest BCUT2D eigenvalue weighted by atomic mass is 16.5. The predicted molar refractivity (Wildman–Crippen MR) is 118 cm³/mol. The number of hydrogen-bond donors (Lipinski definition) is 2. The molecule has 2 N–H and O–H groups in total. The van der Waals surface area contributed by atoms with Crippen LogP contribution in [0.25, 0.3) is 0 Å². The molecule has 1 atom stereocenters. The van der Waals surface area contributed by atoms with E-state index in [0.29, 0.717) is 61.1 Å². The molecule has 9 heteroatoms. The molecule has 4 amide bonds. The molecule has 0 aromatic heterocycles. The minimum absolute atomic E-state index is 0.0379. The number of piperidine rings is 1. The highest BCUT2D eigenvalue weighted by Crippen LogP contribution is 2.41. The summed E-state index contributed by atoms with van der Waals surface area (Å²) >= 11 is 0. The van der Waals surface area contributed by atoms with Crippen LogP contribution in [0.15, 0.2) is 12.1 Å². The first-order chi connectivity index (χ1) is 15.3. The summed E-state index contributed by atoms with van der Waals surface area (Å²) in [5, 5.41) is 5.33. The second-order valence-corrected chi connectivity index (χ2v) is 8.76. The molecule has 0 aliphatic carbocycles. The summed E-state index contributed by atoms with van der Waals surface area (Å²) in [6.07, 6.45) is 2.65. The number of nitrogens with one attached hydrogen (secondary N) is 2. The maximum atomic E-state index is 13.3. The molecule has 176 valence electrons. The number of ether oxygens (including phenoxy) is 3. The van der Waals surface area contributed by atoms with Gasteiger partial charge in [-0.25, -0.2) is 4.79 Å². The van der Waals surface area contributed by atoms with E-state index < -0.39 is 11.6 Å². The van der Waals surface area contributed by atoms with E-state index in [9.17, 15) is 14.4 Å². The van der Waals surface area contributed by atoms with Gasteiger partial charge in [-0.15, -0.1) is 0 Å². The van der Waals surface area contributed by atoms with E-state index in [2.05, 4.69) is 24.5 Å². The number of likely N-dealkylation sites (tertiary alicyclic amines) is 1. The van der Waals surface area contributed by atoms with Crippen LogP contribution in [0.2, 0.25) is 0 Å². The van der Waals surface area contributed by atoms with Crippen LogP contribution >= 0.6 is 0 Å². The van der Waals surface area contributed by atoms with Gasteiger partial charge in [-0.05, 0) is 49.7 Å². The second-order valence-electron chi connectivity index (χ2n) is 8.76. The molecule has 2 fully saturated rings. The lowest BCUT2D eigenvalue weighted by Crippen LogP contribution is -2.56. The van der Waals surface area contributed by atoms with Gasteiger partial charge in [0.1, 0.15) is 5.54 Å². The molecular weight excluding hydrogens is 414 g/mol. The third-order valence-electron chi connectivity index (χ3n) is 6.50. The number of carbonyl (C=O) groups is 3. The fourth-order valence-electron chi connectivity index (χ4n) is 4.70. The summed E-state index contributed by atoms with van der Waals surface area (Å²) in [6, 6.07) is 2.91. The number of benzene rings is 1. The number of amides is 4. The molecule has 1 aromatic rings. The van der Waals surface area contributed by atoms with Crippen LogP contribution in [0.3, 0.4) is 0 Å². The van der Waals surface area contributed by atoms with E-state index in [0.717, 1.165) is 6.42 Å². The molecule has 2 aliphatic heterocycles. The normalized spacial score (nSPS) is 21.4. The summed E-state index contributed by atoms with van der Waals surface area (Å²) in [5.41, 5.74) is -0.512. The highest BCUT2D eigenvalue weighted by molar-refractivity contribution is 6.07. The van der Waals surface area contributed by atoms with Gasteiger partial charge in [0.25, 0.3) is 11.8 Å². The maximum absolute atomic E-state index is 13.3. The molecule has 0 spiro atoms. The van der Waals surface area contributed by atoms with Crippen molar-refractivity contribution in [2.24, 2.45) is 11.8 Å². The Morgan fingerprint density at radius 2 is 1.75 bits per heavy atom. The Morgan fingerprint density at radius 1 is 1.09 bits per heavy atom. The van der Waals surface area contributed by atoms with E-state index in [1.54, 1.807) is 17.0 Å². The first-order valence-electron chi connectivity index (χ1n) is 11.0. The molecule has 0 radical (unpaired) electrons. The largest absolute Gasteiger partial charge is 0.493 e. The molecule has 2 aliphatic rings. The van der Waals surface area contributed by atoms with E-state index in [1.165, 1.54) is 21.3 Å². The van der Waals surface area contributed by atoms with Crippen molar-refractivity contribution in [2.45, 2.75) is 45.1 Å². The molecule has 0 bridgehead atoms. The third-order valence-corrected chi connectivity index (χ3v) is 6.50. The van der Waals surface area contributed by atoms with Crippen molar-refractivity contribution in [3.8, 4) is 17.2 Å². The van der Waals surface area contributed by atoms with Crippen molar-refractivity contribution in [3.05, 3.63) is 17.7 Å². The van der Waals surface area contributed by atoms with Crippen LogP contribution in [0, 0.1) is 11.8 Å². The lowest BCUT2D eigenvalue weighted by molar-refractivity contribution is -0.127. The van der Waals surface area contributed by atoms with Crippen LogP contribution in [0.1, 0.15) is 49.9 Å². The smallest absolute Gasteiger partial charge is 0.322 e. The van der Waals surface area contributed by atoms with Gasteiger partial charge in [-0.2, -0.15) is 0 Å². The topological polar surface area (TPSA) is 106 Å². The summed E-state index contributed by atoms with van der Waals surface area (Å²) in [7, 11) is 4.51. The van der Waals surface area contributed by atoms with E-state index in [-0.39, 0.29) is 17.7 Å². The van der Waals surface area contributed by atoms with Gasteiger partial charge in [0.15, 0.2) is 11.5 Å². The first-order valence-corrected chi connectivity index (χ1v) is 11.0. The van der Waals surface area contributed by atoms with Gasteiger partial charge in [0, 0.05) is 13.1 Å². The van der Waals surface area contributed by atoms with Crippen molar-refractivity contribution in [1.29, 1.82) is 0 Å². The summed E-state index contributed by atoms with van der Waals surface area (Å²) < 4.78 is 16.2. The molecule has 1 aromatic carbocycles. The zero-order chi connectivity index (χ0) is 23.5. The van der Waals surface area contributed by atoms with Gasteiger partial charge in [-0.3, -0.25) is 14.9 Å². The molecule has 0 unspecified atom stereocenters. The third kappa shape index (κ3) is 4.33.